The van der Waals surface area contributed by atoms with Crippen molar-refractivity contribution in [2.24, 2.45) is 0 Å². The number of nitrogens with one attached hydrogen (secondary N) is 1. The van der Waals surface area contributed by atoms with Gasteiger partial charge in [-0.25, -0.2) is 4.39 Å². The summed E-state index contributed by atoms with van der Waals surface area (Å²) in [5.74, 6) is -0.322. The lowest BCUT2D eigenvalue weighted by atomic mass is 9.92. The number of nitrogens with zero attached hydrogens (tertiary/aromatic N) is 1. The Bertz CT molecular complexity index is 355. The summed E-state index contributed by atoms with van der Waals surface area (Å²) in [6, 6.07) is 1.43. The summed E-state index contributed by atoms with van der Waals surface area (Å²) in [5, 5.41) is 3.37. The van der Waals surface area contributed by atoms with E-state index in [1.807, 2.05) is 13.8 Å². The molecule has 0 aromatic carbocycles. The van der Waals surface area contributed by atoms with Gasteiger partial charge in [0.05, 0.1) is 17.8 Å². The second-order valence-corrected chi connectivity index (χ2v) is 4.63. The average molecular weight is 240 g/mol. The highest BCUT2D eigenvalue weighted by Gasteiger charge is 2.30. The minimum Gasteiger partial charge on any atom is -0.377 e. The molecule has 0 fully saturated rings. The van der Waals surface area contributed by atoms with Gasteiger partial charge in [0.2, 0.25) is 0 Å². The van der Waals surface area contributed by atoms with E-state index < -0.39 is 5.60 Å². The van der Waals surface area contributed by atoms with Crippen LogP contribution in [0, 0.1) is 5.82 Å². The van der Waals surface area contributed by atoms with E-state index in [-0.39, 0.29) is 11.9 Å². The maximum atomic E-state index is 13.2. The van der Waals surface area contributed by atoms with Crippen molar-refractivity contribution in [3.8, 4) is 0 Å². The molecule has 1 N–H and O–H groups in total. The molecule has 1 rings (SSSR count). The average Bonchev–Trinajstić information content (AvgIpc) is 2.29. The molecule has 0 aliphatic rings. The number of pyridine rings is 1. The van der Waals surface area contributed by atoms with Crippen LogP contribution in [-0.2, 0) is 4.74 Å². The van der Waals surface area contributed by atoms with Crippen LogP contribution >= 0.6 is 0 Å². The Morgan fingerprint density at radius 2 is 2.18 bits per heavy atom. The van der Waals surface area contributed by atoms with Crippen molar-refractivity contribution < 1.29 is 9.13 Å². The molecule has 1 aromatic heterocycles. The highest BCUT2D eigenvalue weighted by atomic mass is 19.1. The van der Waals surface area contributed by atoms with Gasteiger partial charge in [0, 0.05) is 13.3 Å². The summed E-state index contributed by atoms with van der Waals surface area (Å²) in [4.78, 5) is 3.89. The monoisotopic (exact) mass is 240 g/mol. The largest absolute Gasteiger partial charge is 0.377 e. The molecular formula is C13H21FN2O. The molecule has 0 radical (unpaired) electrons. The molecular weight excluding hydrogens is 219 g/mol. The summed E-state index contributed by atoms with van der Waals surface area (Å²) in [6.45, 7) is 6.90. The third kappa shape index (κ3) is 3.75. The van der Waals surface area contributed by atoms with Crippen LogP contribution in [-0.4, -0.2) is 24.2 Å². The van der Waals surface area contributed by atoms with Crippen LogP contribution in [0.25, 0.3) is 0 Å². The number of halogens is 1. The van der Waals surface area contributed by atoms with Crippen molar-refractivity contribution in [2.45, 2.75) is 38.8 Å². The van der Waals surface area contributed by atoms with Gasteiger partial charge in [-0.1, -0.05) is 6.92 Å². The zero-order valence-corrected chi connectivity index (χ0v) is 11.0. The molecule has 17 heavy (non-hydrogen) atoms. The van der Waals surface area contributed by atoms with Crippen molar-refractivity contribution in [1.29, 1.82) is 0 Å². The Balaban J connectivity index is 2.97. The standard InChI is InChI=1S/C13H21FN2O/c1-5-6-16-12(13(2,3)17-4)10-7-11(14)9-15-8-10/h7-9,12,16H,5-6H2,1-4H3. The smallest absolute Gasteiger partial charge is 0.141 e. The van der Waals surface area contributed by atoms with E-state index >= 15 is 0 Å². The maximum absolute atomic E-state index is 13.2. The van der Waals surface area contributed by atoms with Crippen LogP contribution < -0.4 is 5.32 Å². The van der Waals surface area contributed by atoms with E-state index in [2.05, 4.69) is 17.2 Å². The van der Waals surface area contributed by atoms with Gasteiger partial charge >= 0.3 is 0 Å². The molecule has 0 spiro atoms. The van der Waals surface area contributed by atoms with Gasteiger partial charge in [-0.2, -0.15) is 0 Å². The summed E-state index contributed by atoms with van der Waals surface area (Å²) in [6.07, 6.45) is 3.90. The number of methoxy groups -OCH3 is 1. The highest BCUT2D eigenvalue weighted by Crippen LogP contribution is 2.28. The summed E-state index contributed by atoms with van der Waals surface area (Å²) in [5.41, 5.74) is 0.398. The van der Waals surface area contributed by atoms with Crippen LogP contribution in [0.3, 0.4) is 0 Å². The van der Waals surface area contributed by atoms with Gasteiger partial charge in [-0.3, -0.25) is 4.98 Å². The van der Waals surface area contributed by atoms with E-state index in [9.17, 15) is 4.39 Å². The van der Waals surface area contributed by atoms with Gasteiger partial charge in [0.15, 0.2) is 0 Å². The van der Waals surface area contributed by atoms with Gasteiger partial charge < -0.3 is 10.1 Å². The first-order valence-corrected chi connectivity index (χ1v) is 5.90. The second-order valence-electron chi connectivity index (χ2n) is 4.63. The molecule has 0 saturated carbocycles. The third-order valence-corrected chi connectivity index (χ3v) is 2.88. The van der Waals surface area contributed by atoms with Crippen LogP contribution in [0.1, 0.15) is 38.8 Å². The minimum absolute atomic E-state index is 0.0735. The first kappa shape index (κ1) is 14.1. The van der Waals surface area contributed by atoms with Crippen molar-refractivity contribution in [2.75, 3.05) is 13.7 Å². The van der Waals surface area contributed by atoms with Crippen LogP contribution in [0.4, 0.5) is 4.39 Å². The third-order valence-electron chi connectivity index (χ3n) is 2.88. The first-order valence-electron chi connectivity index (χ1n) is 5.90. The molecule has 0 amide bonds. The van der Waals surface area contributed by atoms with E-state index in [1.54, 1.807) is 13.3 Å². The molecule has 4 heteroatoms. The Hall–Kier alpha value is -1.00. The van der Waals surface area contributed by atoms with Crippen molar-refractivity contribution in [3.63, 3.8) is 0 Å². The number of hydrogen-bond acceptors (Lipinski definition) is 3. The molecule has 0 saturated heterocycles. The zero-order valence-electron chi connectivity index (χ0n) is 11.0. The molecule has 3 nitrogen and oxygen atoms in total. The van der Waals surface area contributed by atoms with Crippen LogP contribution in [0.15, 0.2) is 18.5 Å². The number of aromatic nitrogens is 1. The number of rotatable bonds is 6. The molecule has 0 aliphatic carbocycles. The summed E-state index contributed by atoms with van der Waals surface area (Å²) < 4.78 is 18.7. The first-order chi connectivity index (χ1) is 8.01. The minimum atomic E-state index is -0.412. The lowest BCUT2D eigenvalue weighted by Crippen LogP contribution is -2.41. The predicted octanol–water partition coefficient (Wildman–Crippen LogP) is 2.69. The topological polar surface area (TPSA) is 34.2 Å². The normalized spacial score (nSPS) is 13.7. The Morgan fingerprint density at radius 3 is 2.71 bits per heavy atom. The van der Waals surface area contributed by atoms with Gasteiger partial charge in [0.25, 0.3) is 0 Å². The lowest BCUT2D eigenvalue weighted by Gasteiger charge is -2.34. The van der Waals surface area contributed by atoms with Crippen LogP contribution in [0.2, 0.25) is 0 Å². The Kier molecular flexibility index (Phi) is 5.02. The van der Waals surface area contributed by atoms with Gasteiger partial charge in [-0.05, 0) is 38.4 Å². The van der Waals surface area contributed by atoms with Crippen molar-refractivity contribution in [1.82, 2.24) is 10.3 Å². The molecule has 1 unspecified atom stereocenters. The van der Waals surface area contributed by atoms with Gasteiger partial charge in [0.1, 0.15) is 5.82 Å². The summed E-state index contributed by atoms with van der Waals surface area (Å²) in [7, 11) is 1.66. The van der Waals surface area contributed by atoms with E-state index in [1.165, 1.54) is 12.3 Å². The van der Waals surface area contributed by atoms with E-state index in [0.717, 1.165) is 18.5 Å². The van der Waals surface area contributed by atoms with Crippen molar-refractivity contribution in [3.05, 3.63) is 29.8 Å². The van der Waals surface area contributed by atoms with E-state index in [4.69, 9.17) is 4.74 Å². The molecule has 0 aliphatic heterocycles. The van der Waals surface area contributed by atoms with E-state index in [0.29, 0.717) is 0 Å². The Labute approximate surface area is 102 Å². The fourth-order valence-corrected chi connectivity index (χ4v) is 1.76. The predicted molar refractivity (Wildman–Crippen MR) is 66.3 cm³/mol. The number of ether oxygens (including phenoxy) is 1. The fraction of sp³-hybridized carbons (Fsp3) is 0.615. The molecule has 96 valence electrons. The fourth-order valence-electron chi connectivity index (χ4n) is 1.76. The SMILES string of the molecule is CCCNC(c1cncc(F)c1)C(C)(C)OC. The zero-order chi connectivity index (χ0) is 12.9. The molecule has 1 atom stereocenters. The molecule has 1 heterocycles. The Morgan fingerprint density at radius 1 is 1.47 bits per heavy atom. The second kappa shape index (κ2) is 6.07. The van der Waals surface area contributed by atoms with Crippen molar-refractivity contribution >= 4 is 0 Å². The maximum Gasteiger partial charge on any atom is 0.141 e. The van der Waals surface area contributed by atoms with Gasteiger partial charge in [-0.15, -0.1) is 0 Å². The molecule has 0 bridgehead atoms. The highest BCUT2D eigenvalue weighted by molar-refractivity contribution is 5.18. The quantitative estimate of drug-likeness (QED) is 0.830. The lowest BCUT2D eigenvalue weighted by molar-refractivity contribution is -0.0112. The van der Waals surface area contributed by atoms with Crippen LogP contribution in [0.5, 0.6) is 0 Å². The molecule has 1 aromatic rings. The number of hydrogen-bond donors (Lipinski definition) is 1. The summed E-state index contributed by atoms with van der Waals surface area (Å²) >= 11 is 0.